The lowest BCUT2D eigenvalue weighted by Gasteiger charge is -2.19. The van der Waals surface area contributed by atoms with Crippen molar-refractivity contribution < 1.29 is 9.90 Å². The number of carbonyl (C=O) groups excluding carboxylic acids is 1. The Bertz CT molecular complexity index is 673. The van der Waals surface area contributed by atoms with Crippen LogP contribution < -0.4 is 5.32 Å². The van der Waals surface area contributed by atoms with Gasteiger partial charge in [-0.1, -0.05) is 79.8 Å². The van der Waals surface area contributed by atoms with Crippen LogP contribution in [-0.2, 0) is 4.79 Å². The molecule has 4 nitrogen and oxygen atoms in total. The number of likely N-dealkylation sites (tertiary alicyclic amines) is 1. The smallest absolute Gasteiger partial charge is 0.220 e. The van der Waals surface area contributed by atoms with E-state index >= 15 is 0 Å². The molecule has 1 rings (SSSR count). The highest BCUT2D eigenvalue weighted by atomic mass is 16.3. The van der Waals surface area contributed by atoms with E-state index in [0.717, 1.165) is 51.6 Å². The van der Waals surface area contributed by atoms with E-state index in [4.69, 9.17) is 0 Å². The second-order valence-corrected chi connectivity index (χ2v) is 8.57. The third-order valence-electron chi connectivity index (χ3n) is 5.71. The van der Waals surface area contributed by atoms with Gasteiger partial charge in [-0.05, 0) is 71.4 Å². The Morgan fingerprint density at radius 3 is 2.15 bits per heavy atom. The number of nitrogens with zero attached hydrogens (tertiary/aromatic N) is 1. The van der Waals surface area contributed by atoms with E-state index in [-0.39, 0.29) is 5.91 Å². The maximum atomic E-state index is 11.9. The Morgan fingerprint density at radius 2 is 1.58 bits per heavy atom. The number of carbonyl (C=O) groups is 1. The zero-order valence-corrected chi connectivity index (χ0v) is 20.9. The number of allylic oxidation sites excluding steroid dienone is 11. The summed E-state index contributed by atoms with van der Waals surface area (Å²) in [6.45, 7) is 4.03. The first kappa shape index (κ1) is 28.9. The average Bonchev–Trinajstić information content (AvgIpc) is 3.22. The van der Waals surface area contributed by atoms with Gasteiger partial charge in [-0.3, -0.25) is 4.79 Å². The average molecular weight is 455 g/mol. The molecule has 2 N–H and O–H groups in total. The normalized spacial score (nSPS) is 18.9. The predicted octanol–water partition coefficient (Wildman–Crippen LogP) is 6.04. The van der Waals surface area contributed by atoms with Crippen LogP contribution in [0.4, 0.5) is 0 Å². The van der Waals surface area contributed by atoms with Gasteiger partial charge < -0.3 is 15.3 Å². The summed E-state index contributed by atoms with van der Waals surface area (Å²) in [5.74, 6) is 0.0259. The number of aliphatic hydroxyl groups is 1. The van der Waals surface area contributed by atoms with Crippen molar-refractivity contribution in [3.8, 4) is 0 Å². The van der Waals surface area contributed by atoms with Gasteiger partial charge in [-0.15, -0.1) is 0 Å². The maximum absolute atomic E-state index is 11.9. The lowest BCUT2D eigenvalue weighted by molar-refractivity contribution is -0.121. The quantitative estimate of drug-likeness (QED) is 0.208. The molecule has 0 aromatic rings. The number of hydrogen-bond donors (Lipinski definition) is 2. The number of amides is 1. The fourth-order valence-electron chi connectivity index (χ4n) is 3.69. The van der Waals surface area contributed by atoms with Crippen LogP contribution in [0.1, 0.15) is 71.1 Å². The molecule has 1 fully saturated rings. The highest BCUT2D eigenvalue weighted by Gasteiger charge is 2.20. The van der Waals surface area contributed by atoms with Crippen LogP contribution in [0.2, 0.25) is 0 Å². The number of nitrogens with one attached hydrogen (secondary N) is 1. The van der Waals surface area contributed by atoms with Crippen molar-refractivity contribution in [3.05, 3.63) is 72.9 Å². The molecule has 0 saturated carbocycles. The number of rotatable bonds is 17. The van der Waals surface area contributed by atoms with Crippen LogP contribution >= 0.6 is 0 Å². The lowest BCUT2D eigenvalue weighted by Crippen LogP contribution is -2.32. The minimum Gasteiger partial charge on any atom is -0.389 e. The van der Waals surface area contributed by atoms with Gasteiger partial charge in [0.05, 0.1) is 6.10 Å². The Morgan fingerprint density at radius 1 is 0.970 bits per heavy atom. The first-order valence-electron chi connectivity index (χ1n) is 12.7. The highest BCUT2D eigenvalue weighted by Crippen LogP contribution is 2.16. The molecule has 1 aliphatic rings. The molecule has 4 heteroatoms. The second kappa shape index (κ2) is 20.4. The number of aliphatic hydroxyl groups excluding tert-OH is 1. The zero-order chi connectivity index (χ0) is 24.0. The third-order valence-corrected chi connectivity index (χ3v) is 5.71. The van der Waals surface area contributed by atoms with Crippen molar-refractivity contribution >= 4 is 5.91 Å². The van der Waals surface area contributed by atoms with Crippen LogP contribution in [0.15, 0.2) is 72.9 Å². The van der Waals surface area contributed by atoms with Gasteiger partial charge in [0.25, 0.3) is 0 Å². The van der Waals surface area contributed by atoms with Gasteiger partial charge in [0.2, 0.25) is 5.91 Å². The van der Waals surface area contributed by atoms with E-state index in [2.05, 4.69) is 78.9 Å². The Balaban J connectivity index is 2.01. The molecule has 1 heterocycles. The second-order valence-electron chi connectivity index (χ2n) is 8.57. The molecule has 0 aliphatic carbocycles. The summed E-state index contributed by atoms with van der Waals surface area (Å²) in [5, 5.41) is 13.0. The topological polar surface area (TPSA) is 52.6 Å². The SMILES string of the molecule is CC/C=C\C/C=C\C/C=C\C/C=C\C/C=C\C=C\C(O)CCC(=O)NCCC1CCCN1C. The fourth-order valence-corrected chi connectivity index (χ4v) is 3.69. The molecule has 1 saturated heterocycles. The van der Waals surface area contributed by atoms with Gasteiger partial charge in [-0.25, -0.2) is 0 Å². The number of hydrogen-bond acceptors (Lipinski definition) is 3. The summed E-state index contributed by atoms with van der Waals surface area (Å²) in [5.41, 5.74) is 0. The van der Waals surface area contributed by atoms with Crippen molar-refractivity contribution in [2.75, 3.05) is 20.1 Å². The zero-order valence-electron chi connectivity index (χ0n) is 20.9. The predicted molar refractivity (Wildman–Crippen MR) is 142 cm³/mol. The van der Waals surface area contributed by atoms with E-state index < -0.39 is 6.10 Å². The monoisotopic (exact) mass is 454 g/mol. The molecule has 1 amide bonds. The summed E-state index contributed by atoms with van der Waals surface area (Å²) in [6.07, 6.45) is 33.7. The first-order chi connectivity index (χ1) is 16.1. The van der Waals surface area contributed by atoms with Crippen LogP contribution in [0.25, 0.3) is 0 Å². The van der Waals surface area contributed by atoms with E-state index in [0.29, 0.717) is 18.9 Å². The van der Waals surface area contributed by atoms with Crippen molar-refractivity contribution in [2.45, 2.75) is 83.3 Å². The van der Waals surface area contributed by atoms with Crippen LogP contribution in [0.3, 0.4) is 0 Å². The molecule has 33 heavy (non-hydrogen) atoms. The fraction of sp³-hybridized carbons (Fsp3) is 0.552. The summed E-state index contributed by atoms with van der Waals surface area (Å²) < 4.78 is 0. The van der Waals surface area contributed by atoms with E-state index in [1.807, 2.05) is 12.2 Å². The van der Waals surface area contributed by atoms with Crippen molar-refractivity contribution in [3.63, 3.8) is 0 Å². The van der Waals surface area contributed by atoms with E-state index in [9.17, 15) is 9.90 Å². The summed E-state index contributed by atoms with van der Waals surface area (Å²) >= 11 is 0. The molecule has 0 aromatic heterocycles. The maximum Gasteiger partial charge on any atom is 0.220 e. The van der Waals surface area contributed by atoms with Gasteiger partial charge in [0.1, 0.15) is 0 Å². The molecule has 0 aromatic carbocycles. The van der Waals surface area contributed by atoms with Gasteiger partial charge >= 0.3 is 0 Å². The van der Waals surface area contributed by atoms with Crippen LogP contribution in [0.5, 0.6) is 0 Å². The molecule has 1 aliphatic heterocycles. The molecule has 2 unspecified atom stereocenters. The van der Waals surface area contributed by atoms with Gasteiger partial charge in [-0.2, -0.15) is 0 Å². The molecule has 2 atom stereocenters. The minimum absolute atomic E-state index is 0.0259. The Kier molecular flexibility index (Phi) is 17.9. The molecule has 0 spiro atoms. The molecular formula is C29H46N2O2. The molecule has 184 valence electrons. The molecule has 0 bridgehead atoms. The third kappa shape index (κ3) is 17.0. The first-order valence-corrected chi connectivity index (χ1v) is 12.7. The van der Waals surface area contributed by atoms with Gasteiger partial charge in [0.15, 0.2) is 0 Å². The summed E-state index contributed by atoms with van der Waals surface area (Å²) in [6, 6.07) is 0.599. The Labute approximate surface area is 202 Å². The largest absolute Gasteiger partial charge is 0.389 e. The highest BCUT2D eigenvalue weighted by molar-refractivity contribution is 5.75. The summed E-state index contributed by atoms with van der Waals surface area (Å²) in [4.78, 5) is 14.3. The Hall–Kier alpha value is -2.17. The molecular weight excluding hydrogens is 408 g/mol. The lowest BCUT2D eigenvalue weighted by atomic mass is 10.1. The van der Waals surface area contributed by atoms with E-state index in [1.165, 1.54) is 12.8 Å². The van der Waals surface area contributed by atoms with Crippen molar-refractivity contribution in [2.24, 2.45) is 0 Å². The molecule has 0 radical (unpaired) electrons. The van der Waals surface area contributed by atoms with Crippen LogP contribution in [-0.4, -0.2) is 48.2 Å². The van der Waals surface area contributed by atoms with Crippen molar-refractivity contribution in [1.29, 1.82) is 0 Å². The standard InChI is InChI=1S/C29H46N2O2/c1-3-4-5-6-7-8-9-10-11-12-13-14-15-16-17-18-21-28(32)22-23-29(33)30-25-24-27-20-19-26-31(27)2/h4-5,7-8,10-11,13-14,16-18,21,27-28,32H,3,6,9,12,15,19-20,22-26H2,1-2H3,(H,30,33)/b5-4-,8-7-,11-10-,14-13-,17-16-,21-18+. The summed E-state index contributed by atoms with van der Waals surface area (Å²) in [7, 11) is 2.15. The van der Waals surface area contributed by atoms with Crippen molar-refractivity contribution in [1.82, 2.24) is 10.2 Å². The minimum atomic E-state index is -0.584. The van der Waals surface area contributed by atoms with Crippen LogP contribution in [0, 0.1) is 0 Å². The van der Waals surface area contributed by atoms with Gasteiger partial charge in [0, 0.05) is 19.0 Å². The van der Waals surface area contributed by atoms with E-state index in [1.54, 1.807) is 6.08 Å².